The van der Waals surface area contributed by atoms with E-state index < -0.39 is 19.7 Å². The molecule has 0 spiro atoms. The van der Waals surface area contributed by atoms with Crippen molar-refractivity contribution in [2.75, 3.05) is 33.0 Å². The summed E-state index contributed by atoms with van der Waals surface area (Å²) < 4.78 is 34.4. The van der Waals surface area contributed by atoms with E-state index in [0.29, 0.717) is 6.54 Å². The number of carbonyl (C=O) groups is 2. The molecule has 8 nitrogen and oxygen atoms in total. The highest BCUT2D eigenvalue weighted by Gasteiger charge is 2.23. The van der Waals surface area contributed by atoms with Crippen molar-refractivity contribution in [2.45, 2.75) is 143 Å². The predicted octanol–water partition coefficient (Wildman–Crippen LogP) is 8.69. The van der Waals surface area contributed by atoms with Gasteiger partial charge < -0.3 is 23.8 Å². The summed E-state index contributed by atoms with van der Waals surface area (Å²) in [6.07, 6.45) is 24.1. The van der Waals surface area contributed by atoms with Gasteiger partial charge in [0, 0.05) is 25.7 Å². The van der Waals surface area contributed by atoms with Crippen molar-refractivity contribution in [1.82, 2.24) is 5.32 Å². The molecule has 0 aliphatic carbocycles. The molecule has 9 heteroatoms. The smallest absolute Gasteiger partial charge is 0.327 e. The number of rotatable bonds is 29. The Balaban J connectivity index is 4.31. The largest absolute Gasteiger partial charge is 0.461 e. The lowest BCUT2D eigenvalue weighted by atomic mass is 10.1. The van der Waals surface area contributed by atoms with Gasteiger partial charge in [-0.05, 0) is 38.5 Å². The first kappa shape index (κ1) is 40.5. The van der Waals surface area contributed by atoms with Gasteiger partial charge in [0.05, 0.1) is 19.6 Å². The fourth-order valence-electron chi connectivity index (χ4n) is 4.11. The second kappa shape index (κ2) is 28.3. The average Bonchev–Trinajstić information content (AvgIpc) is 2.94. The number of hydrogen-bond acceptors (Lipinski definition) is 8. The fourth-order valence-corrected chi connectivity index (χ4v) is 5.04. The van der Waals surface area contributed by atoms with E-state index in [1.807, 2.05) is 26.8 Å². The Kier molecular flexibility index (Phi) is 27.3. The Morgan fingerprint density at radius 2 is 1.38 bits per heavy atom. The van der Waals surface area contributed by atoms with Gasteiger partial charge in [0.1, 0.15) is 6.61 Å². The highest BCUT2D eigenvalue weighted by molar-refractivity contribution is 7.52. The molecule has 1 N–H and O–H groups in total. The maximum absolute atomic E-state index is 12.7. The number of carbonyl (C=O) groups excluding carboxylic acids is 2. The molecule has 0 aliphatic rings. The highest BCUT2D eigenvalue weighted by atomic mass is 31.2. The lowest BCUT2D eigenvalue weighted by Crippen LogP contribution is -2.30. The van der Waals surface area contributed by atoms with Gasteiger partial charge in [0.2, 0.25) is 0 Å². The monoisotopic (exact) mass is 615 g/mol. The van der Waals surface area contributed by atoms with Crippen LogP contribution in [0.1, 0.15) is 130 Å². The van der Waals surface area contributed by atoms with Crippen LogP contribution in [0.15, 0.2) is 24.3 Å². The van der Waals surface area contributed by atoms with Crippen molar-refractivity contribution < 1.29 is 32.7 Å². The van der Waals surface area contributed by atoms with Gasteiger partial charge in [-0.3, -0.25) is 14.2 Å². The minimum atomic E-state index is -3.36. The van der Waals surface area contributed by atoms with Crippen molar-refractivity contribution in [3.63, 3.8) is 0 Å². The summed E-state index contributed by atoms with van der Waals surface area (Å²) in [4.78, 5) is 24.5. The molecular formula is C33H62NO7P. The summed E-state index contributed by atoms with van der Waals surface area (Å²) in [5, 5.41) is 3.18. The van der Waals surface area contributed by atoms with Crippen LogP contribution in [0.25, 0.3) is 0 Å². The zero-order chi connectivity index (χ0) is 31.3. The molecule has 0 saturated heterocycles. The zero-order valence-electron chi connectivity index (χ0n) is 27.4. The standard InChI is InChI=1S/C33H62NO7P/c1-6-8-10-11-12-13-14-15-16-17-18-19-20-21-23-25-33(36)41-31(28-38-32(35)24-22-9-7-2)29-40-42(5,37)39-27-26-34-30(3)4/h9,15-16,22,30-31,34H,6-8,10-14,17-21,23-29H2,1-5H3/b16-15-,22-9-. The van der Waals surface area contributed by atoms with Gasteiger partial charge in [0.15, 0.2) is 6.10 Å². The number of ether oxygens (including phenoxy) is 2. The number of esters is 2. The summed E-state index contributed by atoms with van der Waals surface area (Å²) in [5.74, 6) is -0.801. The first-order valence-corrected chi connectivity index (χ1v) is 18.4. The van der Waals surface area contributed by atoms with E-state index in [9.17, 15) is 14.2 Å². The molecule has 0 fully saturated rings. The molecule has 0 aromatic heterocycles. The quantitative estimate of drug-likeness (QED) is 0.0386. The van der Waals surface area contributed by atoms with E-state index in [1.165, 1.54) is 58.0 Å². The number of hydrogen-bond donors (Lipinski definition) is 1. The molecule has 42 heavy (non-hydrogen) atoms. The third-order valence-corrected chi connectivity index (χ3v) is 7.80. The minimum absolute atomic E-state index is 0.141. The van der Waals surface area contributed by atoms with Gasteiger partial charge in [0.25, 0.3) is 0 Å². The third kappa shape index (κ3) is 28.6. The van der Waals surface area contributed by atoms with Crippen LogP contribution in [0, 0.1) is 0 Å². The Labute approximate surface area is 257 Å². The first-order valence-electron chi connectivity index (χ1n) is 16.4. The maximum atomic E-state index is 12.7. The zero-order valence-corrected chi connectivity index (χ0v) is 28.3. The van der Waals surface area contributed by atoms with Gasteiger partial charge in [-0.25, -0.2) is 0 Å². The normalized spacial score (nSPS) is 14.0. The summed E-state index contributed by atoms with van der Waals surface area (Å²) in [5.41, 5.74) is 0. The van der Waals surface area contributed by atoms with Crippen LogP contribution in [0.5, 0.6) is 0 Å². The highest BCUT2D eigenvalue weighted by Crippen LogP contribution is 2.43. The number of unbranched alkanes of at least 4 members (excludes halogenated alkanes) is 11. The summed E-state index contributed by atoms with van der Waals surface area (Å²) in [6.45, 7) is 10.1. The van der Waals surface area contributed by atoms with E-state index in [1.54, 1.807) is 6.08 Å². The molecular weight excluding hydrogens is 553 g/mol. The first-order chi connectivity index (χ1) is 20.2. The molecule has 0 amide bonds. The minimum Gasteiger partial charge on any atom is -0.461 e. The summed E-state index contributed by atoms with van der Waals surface area (Å²) in [7, 11) is -3.36. The van der Waals surface area contributed by atoms with E-state index in [4.69, 9.17) is 18.5 Å². The molecule has 246 valence electrons. The maximum Gasteiger partial charge on any atom is 0.327 e. The molecule has 0 bridgehead atoms. The molecule has 0 aromatic carbocycles. The molecule has 0 rings (SSSR count). The Hall–Kier alpha value is -1.47. The van der Waals surface area contributed by atoms with Gasteiger partial charge in [-0.15, -0.1) is 0 Å². The van der Waals surface area contributed by atoms with Crippen molar-refractivity contribution in [3.8, 4) is 0 Å². The van der Waals surface area contributed by atoms with Crippen LogP contribution in [0.2, 0.25) is 0 Å². The predicted molar refractivity (Wildman–Crippen MR) is 173 cm³/mol. The lowest BCUT2D eigenvalue weighted by Gasteiger charge is -2.21. The molecule has 0 heterocycles. The second-order valence-electron chi connectivity index (χ2n) is 11.2. The van der Waals surface area contributed by atoms with E-state index in [0.717, 1.165) is 38.5 Å². The molecule has 0 saturated carbocycles. The van der Waals surface area contributed by atoms with Gasteiger partial charge in [-0.1, -0.05) is 103 Å². The topological polar surface area (TPSA) is 100 Å². The molecule has 0 aliphatic heterocycles. The Morgan fingerprint density at radius 1 is 0.762 bits per heavy atom. The SMILES string of the molecule is CC/C=C\CC(=O)OCC(COP(C)(=O)OCCNC(C)C)OC(=O)CCCCCCC/C=C\CCCCCCCC. The van der Waals surface area contributed by atoms with Crippen LogP contribution in [0.4, 0.5) is 0 Å². The average molecular weight is 616 g/mol. The summed E-state index contributed by atoms with van der Waals surface area (Å²) in [6, 6.07) is 0.290. The van der Waals surface area contributed by atoms with Crippen LogP contribution in [-0.4, -0.2) is 57.1 Å². The van der Waals surface area contributed by atoms with E-state index >= 15 is 0 Å². The Bertz CT molecular complexity index is 769. The van der Waals surface area contributed by atoms with Crippen molar-refractivity contribution in [3.05, 3.63) is 24.3 Å². The number of nitrogens with one attached hydrogen (secondary N) is 1. The molecule has 2 atom stereocenters. The van der Waals surface area contributed by atoms with Gasteiger partial charge in [-0.2, -0.15) is 0 Å². The second-order valence-corrected chi connectivity index (χ2v) is 13.3. The van der Waals surface area contributed by atoms with Crippen LogP contribution in [-0.2, 0) is 32.7 Å². The Morgan fingerprint density at radius 3 is 2.00 bits per heavy atom. The molecule has 2 unspecified atom stereocenters. The van der Waals surface area contributed by atoms with Crippen LogP contribution >= 0.6 is 7.60 Å². The van der Waals surface area contributed by atoms with Gasteiger partial charge >= 0.3 is 19.5 Å². The van der Waals surface area contributed by atoms with Crippen LogP contribution in [0.3, 0.4) is 0 Å². The third-order valence-electron chi connectivity index (χ3n) is 6.53. The lowest BCUT2D eigenvalue weighted by molar-refractivity contribution is -0.160. The molecule has 0 radical (unpaired) electrons. The van der Waals surface area contributed by atoms with Crippen molar-refractivity contribution in [1.29, 1.82) is 0 Å². The van der Waals surface area contributed by atoms with Crippen molar-refractivity contribution in [2.24, 2.45) is 0 Å². The van der Waals surface area contributed by atoms with E-state index in [2.05, 4.69) is 24.4 Å². The fraction of sp³-hybridized carbons (Fsp3) is 0.818. The summed E-state index contributed by atoms with van der Waals surface area (Å²) >= 11 is 0. The van der Waals surface area contributed by atoms with E-state index in [-0.39, 0.29) is 44.7 Å². The molecule has 0 aromatic rings. The van der Waals surface area contributed by atoms with Crippen LogP contribution < -0.4 is 5.32 Å². The van der Waals surface area contributed by atoms with Crippen molar-refractivity contribution >= 4 is 19.5 Å². The number of allylic oxidation sites excluding steroid dienone is 3.